The van der Waals surface area contributed by atoms with Gasteiger partial charge in [0, 0.05) is 0 Å². The number of nitrogens with zero attached hydrogens (tertiary/aromatic N) is 1. The van der Waals surface area contributed by atoms with Crippen molar-refractivity contribution in [3.63, 3.8) is 0 Å². The highest BCUT2D eigenvalue weighted by Crippen LogP contribution is 2.24. The quantitative estimate of drug-likeness (QED) is 0.735. The first kappa shape index (κ1) is 15.8. The van der Waals surface area contributed by atoms with E-state index in [2.05, 4.69) is 68.2 Å². The average Bonchev–Trinajstić information content (AvgIpc) is 2.43. The third-order valence-electron chi connectivity index (χ3n) is 3.47. The third kappa shape index (κ3) is 4.42. The Kier molecular flexibility index (Phi) is 4.51. The maximum atomic E-state index is 9.45. The van der Waals surface area contributed by atoms with E-state index in [9.17, 15) is 5.26 Å². The van der Waals surface area contributed by atoms with E-state index in [1.165, 1.54) is 16.3 Å². The van der Waals surface area contributed by atoms with Crippen molar-refractivity contribution in [2.24, 2.45) is 0 Å². The fourth-order valence-corrected chi connectivity index (χ4v) is 4.08. The smallest absolute Gasteiger partial charge is 0.185 e. The van der Waals surface area contributed by atoms with Crippen LogP contribution < -0.4 is 0 Å². The maximum absolute atomic E-state index is 9.45. The van der Waals surface area contributed by atoms with Crippen LogP contribution in [0.4, 0.5) is 0 Å². The van der Waals surface area contributed by atoms with Gasteiger partial charge in [-0.05, 0) is 55.7 Å². The van der Waals surface area contributed by atoms with Crippen LogP contribution in [-0.2, 0) is 10.8 Å². The van der Waals surface area contributed by atoms with E-state index in [-0.39, 0.29) is 0 Å². The molecule has 0 heterocycles. The van der Waals surface area contributed by atoms with Gasteiger partial charge in [-0.15, -0.1) is 0 Å². The lowest BCUT2D eigenvalue weighted by Gasteiger charge is -2.30. The number of hydrogen-bond donors (Lipinski definition) is 0. The first-order valence-electron chi connectivity index (χ1n) is 7.40. The molecule has 0 amide bonds. The molecule has 0 radical (unpaired) electrons. The summed E-state index contributed by atoms with van der Waals surface area (Å²) in [5.74, 6) is 0. The van der Waals surface area contributed by atoms with Gasteiger partial charge in [-0.3, -0.25) is 0 Å². The third-order valence-corrected chi connectivity index (χ3v) is 4.54. The maximum Gasteiger partial charge on any atom is 0.185 e. The molecule has 21 heavy (non-hydrogen) atoms. The Morgan fingerprint density at radius 3 is 2.38 bits per heavy atom. The van der Waals surface area contributed by atoms with Crippen LogP contribution in [0.1, 0.15) is 18.9 Å². The van der Waals surface area contributed by atoms with Crippen LogP contribution in [-0.4, -0.2) is 13.9 Å². The molecule has 0 aliphatic heterocycles. The lowest BCUT2D eigenvalue weighted by molar-refractivity contribution is 0.130. The second-order valence-electron chi connectivity index (χ2n) is 6.74. The topological polar surface area (TPSA) is 33.0 Å². The standard InChI is InChI=1S/C18H23NOSi/c1-18(14-19,20-21(2,3)4)12-11-15-9-10-16-7-5-6-8-17(16)13-15/h5-10,13H,11-12H2,1-4H3/t18-/m0/s1. The highest BCUT2D eigenvalue weighted by Gasteiger charge is 2.31. The van der Waals surface area contributed by atoms with Gasteiger partial charge in [0.15, 0.2) is 8.32 Å². The number of hydrogen-bond acceptors (Lipinski definition) is 2. The summed E-state index contributed by atoms with van der Waals surface area (Å²) in [5, 5.41) is 11.9. The molecule has 0 aliphatic carbocycles. The largest absolute Gasteiger partial charge is 0.400 e. The number of fused-ring (bicyclic) bond motifs is 1. The molecule has 0 saturated heterocycles. The SMILES string of the molecule is C[C@@](C#N)(CCc1ccc2ccccc2c1)O[Si](C)(C)C. The second kappa shape index (κ2) is 6.01. The van der Waals surface area contributed by atoms with Gasteiger partial charge in [-0.25, -0.2) is 0 Å². The minimum Gasteiger partial charge on any atom is -0.400 e. The van der Waals surface area contributed by atoms with Gasteiger partial charge in [0.25, 0.3) is 0 Å². The van der Waals surface area contributed by atoms with E-state index >= 15 is 0 Å². The number of benzene rings is 2. The summed E-state index contributed by atoms with van der Waals surface area (Å²) < 4.78 is 6.06. The Bertz CT molecular complexity index is 669. The molecule has 0 bridgehead atoms. The van der Waals surface area contributed by atoms with E-state index in [0.717, 1.165) is 12.8 Å². The van der Waals surface area contributed by atoms with E-state index in [4.69, 9.17) is 4.43 Å². The lowest BCUT2D eigenvalue weighted by atomic mass is 9.97. The average molecular weight is 297 g/mol. The van der Waals surface area contributed by atoms with Crippen LogP contribution in [0.2, 0.25) is 19.6 Å². The molecule has 0 saturated carbocycles. The molecule has 2 nitrogen and oxygen atoms in total. The van der Waals surface area contributed by atoms with Gasteiger partial charge in [-0.2, -0.15) is 5.26 Å². The zero-order chi connectivity index (χ0) is 15.5. The van der Waals surface area contributed by atoms with E-state index < -0.39 is 13.9 Å². The fourth-order valence-electron chi connectivity index (χ4n) is 2.58. The van der Waals surface area contributed by atoms with Crippen LogP contribution >= 0.6 is 0 Å². The zero-order valence-corrected chi connectivity index (χ0v) is 14.3. The van der Waals surface area contributed by atoms with Crippen molar-refractivity contribution in [2.45, 2.75) is 45.0 Å². The molecule has 0 fully saturated rings. The summed E-state index contributed by atoms with van der Waals surface area (Å²) in [4.78, 5) is 0. The van der Waals surface area contributed by atoms with E-state index in [0.29, 0.717) is 0 Å². The normalized spacial score (nSPS) is 14.6. The molecule has 1 atom stereocenters. The van der Waals surface area contributed by atoms with E-state index in [1.807, 2.05) is 6.92 Å². The molecule has 0 N–H and O–H groups in total. The first-order chi connectivity index (χ1) is 9.81. The van der Waals surface area contributed by atoms with Crippen molar-refractivity contribution in [3.05, 3.63) is 48.0 Å². The Morgan fingerprint density at radius 1 is 1.10 bits per heavy atom. The van der Waals surface area contributed by atoms with Crippen LogP contribution in [0.3, 0.4) is 0 Å². The Hall–Kier alpha value is -1.63. The molecule has 0 spiro atoms. The summed E-state index contributed by atoms with van der Waals surface area (Å²) in [6.07, 6.45) is 1.59. The predicted molar refractivity (Wildman–Crippen MR) is 90.7 cm³/mol. The zero-order valence-electron chi connectivity index (χ0n) is 13.3. The molecule has 0 aromatic heterocycles. The lowest BCUT2D eigenvalue weighted by Crippen LogP contribution is -2.39. The van der Waals surface area contributed by atoms with Crippen molar-refractivity contribution in [2.75, 3.05) is 0 Å². The summed E-state index contributed by atoms with van der Waals surface area (Å²) in [7, 11) is -1.72. The molecule has 3 heteroatoms. The molecule has 2 aromatic rings. The summed E-state index contributed by atoms with van der Waals surface area (Å²) in [6, 6.07) is 17.2. The molecule has 2 rings (SSSR count). The monoisotopic (exact) mass is 297 g/mol. The minimum atomic E-state index is -1.72. The number of nitriles is 1. The van der Waals surface area contributed by atoms with Crippen molar-refractivity contribution in [1.29, 1.82) is 5.26 Å². The highest BCUT2D eigenvalue weighted by atomic mass is 28.4. The van der Waals surface area contributed by atoms with Crippen LogP contribution in [0.15, 0.2) is 42.5 Å². The molecule has 110 valence electrons. The van der Waals surface area contributed by atoms with Crippen LogP contribution in [0, 0.1) is 11.3 Å². The Balaban J connectivity index is 2.11. The fraction of sp³-hybridized carbons (Fsp3) is 0.389. The summed E-state index contributed by atoms with van der Waals surface area (Å²) in [5.41, 5.74) is 0.574. The van der Waals surface area contributed by atoms with Gasteiger partial charge >= 0.3 is 0 Å². The predicted octanol–water partition coefficient (Wildman–Crippen LogP) is 4.91. The van der Waals surface area contributed by atoms with Gasteiger partial charge in [0.2, 0.25) is 0 Å². The van der Waals surface area contributed by atoms with Crippen molar-refractivity contribution in [1.82, 2.24) is 0 Å². The minimum absolute atomic E-state index is 0.684. The molecule has 0 aliphatic rings. The van der Waals surface area contributed by atoms with Crippen LogP contribution in [0.5, 0.6) is 0 Å². The molecular weight excluding hydrogens is 274 g/mol. The Morgan fingerprint density at radius 2 is 1.76 bits per heavy atom. The van der Waals surface area contributed by atoms with E-state index in [1.54, 1.807) is 0 Å². The number of rotatable bonds is 5. The molecule has 0 unspecified atom stereocenters. The Labute approximate surface area is 128 Å². The van der Waals surface area contributed by atoms with Gasteiger partial charge in [0.05, 0.1) is 6.07 Å². The van der Waals surface area contributed by atoms with Gasteiger partial charge < -0.3 is 4.43 Å². The summed E-state index contributed by atoms with van der Waals surface area (Å²) in [6.45, 7) is 8.28. The van der Waals surface area contributed by atoms with Crippen molar-refractivity contribution >= 4 is 19.1 Å². The molecule has 2 aromatic carbocycles. The summed E-state index contributed by atoms with van der Waals surface area (Å²) >= 11 is 0. The highest BCUT2D eigenvalue weighted by molar-refractivity contribution is 6.69. The van der Waals surface area contributed by atoms with Gasteiger partial charge in [0.1, 0.15) is 5.60 Å². The number of aryl methyl sites for hydroxylation is 1. The van der Waals surface area contributed by atoms with Crippen LogP contribution in [0.25, 0.3) is 10.8 Å². The van der Waals surface area contributed by atoms with Gasteiger partial charge in [-0.1, -0.05) is 42.5 Å². The first-order valence-corrected chi connectivity index (χ1v) is 10.8. The van der Waals surface area contributed by atoms with Crippen molar-refractivity contribution in [3.8, 4) is 6.07 Å². The molecular formula is C18H23NOSi. The second-order valence-corrected chi connectivity index (χ2v) is 11.2. The van der Waals surface area contributed by atoms with Crippen molar-refractivity contribution < 1.29 is 4.43 Å².